The highest BCUT2D eigenvalue weighted by Crippen LogP contribution is 2.17. The van der Waals surface area contributed by atoms with Crippen LogP contribution in [0.5, 0.6) is 0 Å². The van der Waals surface area contributed by atoms with Gasteiger partial charge in [-0.05, 0) is 36.4 Å². The van der Waals surface area contributed by atoms with Crippen LogP contribution in [0.2, 0.25) is 0 Å². The number of carbonyl (C=O) groups is 2. The predicted molar refractivity (Wildman–Crippen MR) is 99.2 cm³/mol. The molecule has 0 aliphatic heterocycles. The molecule has 6 heteroatoms. The minimum absolute atomic E-state index is 0.0666. The van der Waals surface area contributed by atoms with Crippen LogP contribution in [0.1, 0.15) is 35.8 Å². The zero-order valence-electron chi connectivity index (χ0n) is 15.3. The van der Waals surface area contributed by atoms with Crippen molar-refractivity contribution < 1.29 is 19.3 Å². The molecule has 0 saturated carbocycles. The minimum atomic E-state index is -0.269. The van der Waals surface area contributed by atoms with E-state index < -0.39 is 0 Å². The molecule has 0 spiro atoms. The van der Waals surface area contributed by atoms with Crippen LogP contribution in [0, 0.1) is 11.7 Å². The SMILES string of the molecule is CNC(=O)c1ccc(NC(=O)C[NH2+][C@@H](c2ccc(F)cc2)C(C)C)cc1. The second-order valence-corrected chi connectivity index (χ2v) is 6.47. The molecule has 26 heavy (non-hydrogen) atoms. The molecule has 0 radical (unpaired) electrons. The van der Waals surface area contributed by atoms with E-state index in [1.165, 1.54) is 12.1 Å². The number of rotatable bonds is 7. The Hall–Kier alpha value is -2.73. The van der Waals surface area contributed by atoms with Gasteiger partial charge in [0.2, 0.25) is 0 Å². The maximum atomic E-state index is 13.1. The van der Waals surface area contributed by atoms with Crippen LogP contribution in [-0.4, -0.2) is 25.4 Å². The van der Waals surface area contributed by atoms with E-state index in [1.807, 2.05) is 5.32 Å². The molecule has 0 fully saturated rings. The molecule has 0 heterocycles. The number of amides is 2. The van der Waals surface area contributed by atoms with Crippen molar-refractivity contribution in [2.75, 3.05) is 18.9 Å². The number of quaternary nitrogens is 1. The Bertz CT molecular complexity index is 743. The van der Waals surface area contributed by atoms with Crippen molar-refractivity contribution in [3.8, 4) is 0 Å². The van der Waals surface area contributed by atoms with Gasteiger partial charge in [-0.1, -0.05) is 26.0 Å². The average Bonchev–Trinajstić information content (AvgIpc) is 2.63. The molecule has 138 valence electrons. The number of carbonyl (C=O) groups excluding carboxylic acids is 2. The molecule has 5 nitrogen and oxygen atoms in total. The molecule has 1 atom stereocenters. The van der Waals surface area contributed by atoms with Gasteiger partial charge in [0.05, 0.1) is 0 Å². The van der Waals surface area contributed by atoms with Crippen LogP contribution in [0.4, 0.5) is 10.1 Å². The summed E-state index contributed by atoms with van der Waals surface area (Å²) in [5.41, 5.74) is 2.16. The van der Waals surface area contributed by atoms with Crippen LogP contribution in [0.25, 0.3) is 0 Å². The molecule has 2 amide bonds. The highest BCUT2D eigenvalue weighted by atomic mass is 19.1. The third-order valence-electron chi connectivity index (χ3n) is 4.19. The maximum absolute atomic E-state index is 13.1. The molecule has 0 aromatic heterocycles. The summed E-state index contributed by atoms with van der Waals surface area (Å²) in [5, 5.41) is 7.32. The summed E-state index contributed by atoms with van der Waals surface area (Å²) in [6, 6.07) is 13.2. The summed E-state index contributed by atoms with van der Waals surface area (Å²) in [6.07, 6.45) is 0. The number of hydrogen-bond acceptors (Lipinski definition) is 2. The monoisotopic (exact) mass is 358 g/mol. The fraction of sp³-hybridized carbons (Fsp3) is 0.300. The molecule has 2 aromatic carbocycles. The molecule has 2 rings (SSSR count). The van der Waals surface area contributed by atoms with Crippen molar-refractivity contribution in [3.05, 3.63) is 65.5 Å². The van der Waals surface area contributed by atoms with Crippen LogP contribution < -0.4 is 16.0 Å². The molecule has 2 aromatic rings. The Labute approximate surface area is 153 Å². The largest absolute Gasteiger partial charge is 0.355 e. The van der Waals surface area contributed by atoms with Gasteiger partial charge in [0.25, 0.3) is 11.8 Å². The van der Waals surface area contributed by atoms with Gasteiger partial charge in [-0.15, -0.1) is 0 Å². The molecular formula is C20H25FN3O2+. The van der Waals surface area contributed by atoms with E-state index in [9.17, 15) is 14.0 Å². The van der Waals surface area contributed by atoms with Gasteiger partial charge in [-0.2, -0.15) is 0 Å². The van der Waals surface area contributed by atoms with Crippen LogP contribution in [0.15, 0.2) is 48.5 Å². The van der Waals surface area contributed by atoms with Crippen molar-refractivity contribution in [1.82, 2.24) is 5.32 Å². The second kappa shape index (κ2) is 9.10. The average molecular weight is 358 g/mol. The highest BCUT2D eigenvalue weighted by molar-refractivity contribution is 5.95. The first-order valence-corrected chi connectivity index (χ1v) is 8.61. The molecule has 0 saturated heterocycles. The molecule has 0 unspecified atom stereocenters. The fourth-order valence-electron chi connectivity index (χ4n) is 2.77. The van der Waals surface area contributed by atoms with E-state index in [2.05, 4.69) is 24.5 Å². The Morgan fingerprint density at radius 2 is 1.65 bits per heavy atom. The van der Waals surface area contributed by atoms with Crippen LogP contribution in [-0.2, 0) is 4.79 Å². The molecule has 0 aliphatic rings. The third kappa shape index (κ3) is 5.39. The summed E-state index contributed by atoms with van der Waals surface area (Å²) in [4.78, 5) is 23.7. The zero-order chi connectivity index (χ0) is 19.1. The summed E-state index contributed by atoms with van der Waals surface area (Å²) in [6.45, 7) is 4.39. The third-order valence-corrected chi connectivity index (χ3v) is 4.19. The van der Waals surface area contributed by atoms with E-state index in [4.69, 9.17) is 0 Å². The van der Waals surface area contributed by atoms with E-state index in [0.717, 1.165) is 5.56 Å². The van der Waals surface area contributed by atoms with E-state index >= 15 is 0 Å². The first-order chi connectivity index (χ1) is 12.4. The zero-order valence-corrected chi connectivity index (χ0v) is 15.3. The summed E-state index contributed by atoms with van der Waals surface area (Å²) in [7, 11) is 1.57. The topological polar surface area (TPSA) is 74.8 Å². The van der Waals surface area contributed by atoms with E-state index in [-0.39, 0.29) is 30.2 Å². The van der Waals surface area contributed by atoms with E-state index in [0.29, 0.717) is 17.2 Å². The first-order valence-electron chi connectivity index (χ1n) is 8.61. The lowest BCUT2D eigenvalue weighted by atomic mass is 9.96. The van der Waals surface area contributed by atoms with Crippen molar-refractivity contribution in [2.45, 2.75) is 19.9 Å². The minimum Gasteiger partial charge on any atom is -0.355 e. The maximum Gasteiger partial charge on any atom is 0.279 e. The standard InChI is InChI=1S/C20H24FN3O2/c1-13(2)19(14-4-8-16(21)9-5-14)23-12-18(25)24-17-10-6-15(7-11-17)20(26)22-3/h4-11,13,19,23H,12H2,1-3H3,(H,22,26)(H,24,25)/p+1/t19-/m1/s1. The Kier molecular flexibility index (Phi) is 6.86. The number of nitrogens with two attached hydrogens (primary N) is 1. The van der Waals surface area contributed by atoms with Gasteiger partial charge >= 0.3 is 0 Å². The number of benzene rings is 2. The van der Waals surface area contributed by atoms with Gasteiger partial charge in [-0.3, -0.25) is 9.59 Å². The predicted octanol–water partition coefficient (Wildman–Crippen LogP) is 2.08. The van der Waals surface area contributed by atoms with Crippen molar-refractivity contribution in [1.29, 1.82) is 0 Å². The highest BCUT2D eigenvalue weighted by Gasteiger charge is 2.20. The van der Waals surface area contributed by atoms with Gasteiger partial charge in [0.1, 0.15) is 11.9 Å². The molecular weight excluding hydrogens is 333 g/mol. The van der Waals surface area contributed by atoms with Gasteiger partial charge in [0.15, 0.2) is 6.54 Å². The normalized spacial score (nSPS) is 11.9. The summed E-state index contributed by atoms with van der Waals surface area (Å²) < 4.78 is 13.1. The molecule has 4 N–H and O–H groups in total. The number of hydrogen-bond donors (Lipinski definition) is 3. The van der Waals surface area contributed by atoms with Crippen LogP contribution in [0.3, 0.4) is 0 Å². The number of nitrogens with one attached hydrogen (secondary N) is 2. The lowest BCUT2D eigenvalue weighted by Gasteiger charge is -2.19. The lowest BCUT2D eigenvalue weighted by Crippen LogP contribution is -2.88. The van der Waals surface area contributed by atoms with E-state index in [1.54, 1.807) is 43.4 Å². The number of anilines is 1. The first kappa shape index (κ1) is 19.6. The van der Waals surface area contributed by atoms with Gasteiger partial charge in [-0.25, -0.2) is 4.39 Å². The van der Waals surface area contributed by atoms with Crippen molar-refractivity contribution in [2.24, 2.45) is 5.92 Å². The van der Waals surface area contributed by atoms with Gasteiger partial charge in [0, 0.05) is 29.8 Å². The summed E-state index contributed by atoms with van der Waals surface area (Å²) >= 11 is 0. The number of halogens is 1. The molecule has 0 aliphatic carbocycles. The lowest BCUT2D eigenvalue weighted by molar-refractivity contribution is -0.692. The Morgan fingerprint density at radius 1 is 1.04 bits per heavy atom. The smallest absolute Gasteiger partial charge is 0.279 e. The fourth-order valence-corrected chi connectivity index (χ4v) is 2.77. The van der Waals surface area contributed by atoms with Crippen molar-refractivity contribution in [3.63, 3.8) is 0 Å². The Balaban J connectivity index is 1.93. The molecule has 0 bridgehead atoms. The second-order valence-electron chi connectivity index (χ2n) is 6.47. The quantitative estimate of drug-likeness (QED) is 0.709. The van der Waals surface area contributed by atoms with Gasteiger partial charge < -0.3 is 16.0 Å². The van der Waals surface area contributed by atoms with Crippen LogP contribution >= 0.6 is 0 Å². The summed E-state index contributed by atoms with van der Waals surface area (Å²) in [5.74, 6) is -0.282. The van der Waals surface area contributed by atoms with Crippen molar-refractivity contribution >= 4 is 17.5 Å². The Morgan fingerprint density at radius 3 is 2.19 bits per heavy atom.